The van der Waals surface area contributed by atoms with E-state index >= 15 is 0 Å². The van der Waals surface area contributed by atoms with Gasteiger partial charge < -0.3 is 9.73 Å². The molecule has 6 heteroatoms. The molecular weight excluding hydrogens is 342 g/mol. The minimum Gasteiger partial charge on any atom is -0.455 e. The second kappa shape index (κ2) is 7.03. The van der Waals surface area contributed by atoms with Gasteiger partial charge in [0.2, 0.25) is 0 Å². The predicted molar refractivity (Wildman–Crippen MR) is 104 cm³/mol. The van der Waals surface area contributed by atoms with Gasteiger partial charge in [0, 0.05) is 16.1 Å². The Kier molecular flexibility index (Phi) is 4.83. The number of anilines is 1. The Hall–Kier alpha value is -2.37. The second-order valence-corrected chi connectivity index (χ2v) is 6.14. The predicted octanol–water partition coefficient (Wildman–Crippen LogP) is 5.11. The number of hydrazone groups is 1. The summed E-state index contributed by atoms with van der Waals surface area (Å²) in [5.41, 5.74) is 6.14. The molecule has 0 atom stereocenters. The Balaban J connectivity index is 1.70. The van der Waals surface area contributed by atoms with Crippen molar-refractivity contribution in [1.82, 2.24) is 5.43 Å². The van der Waals surface area contributed by atoms with Crippen LogP contribution in [-0.2, 0) is 0 Å². The average Bonchev–Trinajstić information content (AvgIpc) is 3.01. The molecule has 24 heavy (non-hydrogen) atoms. The summed E-state index contributed by atoms with van der Waals surface area (Å²) >= 11 is 11.4. The van der Waals surface area contributed by atoms with Gasteiger partial charge in [-0.05, 0) is 55.9 Å². The lowest BCUT2D eigenvalue weighted by molar-refractivity contribution is 0.603. The maximum Gasteiger partial charge on any atom is 0.191 e. The molecule has 1 aromatic heterocycles. The highest BCUT2D eigenvalue weighted by Gasteiger charge is 2.07. The smallest absolute Gasteiger partial charge is 0.191 e. The van der Waals surface area contributed by atoms with Gasteiger partial charge in [0.1, 0.15) is 11.3 Å². The third-order valence-electron chi connectivity index (χ3n) is 3.62. The van der Waals surface area contributed by atoms with Crippen LogP contribution in [0.15, 0.2) is 58.0 Å². The number of hydrogen-bond acceptors (Lipinski definition) is 3. The molecule has 0 amide bonds. The lowest BCUT2D eigenvalue weighted by Gasteiger charge is -2.11. The Bertz CT molecular complexity index is 900. The third kappa shape index (κ3) is 3.58. The number of nitrogens with zero attached hydrogens (tertiary/aromatic N) is 1. The van der Waals surface area contributed by atoms with Crippen LogP contribution in [0.2, 0.25) is 5.02 Å². The molecule has 3 rings (SSSR count). The van der Waals surface area contributed by atoms with Gasteiger partial charge in [-0.15, -0.1) is 0 Å². The molecule has 0 saturated carbocycles. The number of thiocarbonyl (C=S) groups is 1. The van der Waals surface area contributed by atoms with Crippen LogP contribution in [0.1, 0.15) is 18.2 Å². The van der Waals surface area contributed by atoms with E-state index in [1.54, 1.807) is 0 Å². The van der Waals surface area contributed by atoms with Gasteiger partial charge in [-0.1, -0.05) is 35.9 Å². The van der Waals surface area contributed by atoms with E-state index in [4.69, 9.17) is 28.2 Å². The summed E-state index contributed by atoms with van der Waals surface area (Å²) in [6, 6.07) is 15.4. The zero-order valence-electron chi connectivity index (χ0n) is 13.3. The Morgan fingerprint density at radius 1 is 1.17 bits per heavy atom. The highest BCUT2D eigenvalue weighted by Crippen LogP contribution is 2.23. The lowest BCUT2D eigenvalue weighted by Crippen LogP contribution is -2.25. The van der Waals surface area contributed by atoms with E-state index in [0.717, 1.165) is 22.2 Å². The molecule has 0 bridgehead atoms. The number of para-hydroxylation sites is 1. The Morgan fingerprint density at radius 2 is 1.96 bits per heavy atom. The van der Waals surface area contributed by atoms with Gasteiger partial charge in [-0.25, -0.2) is 0 Å². The SMILES string of the molecule is C/C(=N\NC(=S)Nc1cccc(Cl)c1C)c1cc2ccccc2o1. The number of benzene rings is 2. The number of rotatable bonds is 3. The number of hydrogen-bond donors (Lipinski definition) is 2. The normalized spacial score (nSPS) is 11.5. The van der Waals surface area contributed by atoms with Gasteiger partial charge in [-0.2, -0.15) is 5.10 Å². The molecule has 0 aliphatic carbocycles. The van der Waals surface area contributed by atoms with Gasteiger partial charge in [-0.3, -0.25) is 5.43 Å². The zero-order valence-corrected chi connectivity index (χ0v) is 14.8. The first kappa shape index (κ1) is 16.5. The summed E-state index contributed by atoms with van der Waals surface area (Å²) in [5.74, 6) is 0.699. The molecule has 2 N–H and O–H groups in total. The molecule has 0 fully saturated rings. The summed E-state index contributed by atoms with van der Waals surface area (Å²) in [5, 5.41) is 9.47. The van der Waals surface area contributed by atoms with E-state index in [2.05, 4.69) is 15.8 Å². The molecule has 0 aliphatic heterocycles. The first-order chi connectivity index (χ1) is 11.5. The maximum absolute atomic E-state index is 6.10. The van der Waals surface area contributed by atoms with E-state index in [1.807, 2.05) is 62.4 Å². The van der Waals surface area contributed by atoms with Crippen molar-refractivity contribution >= 4 is 51.3 Å². The van der Waals surface area contributed by atoms with Crippen molar-refractivity contribution in [2.45, 2.75) is 13.8 Å². The average molecular weight is 358 g/mol. The minimum absolute atomic E-state index is 0.385. The van der Waals surface area contributed by atoms with Gasteiger partial charge in [0.15, 0.2) is 10.9 Å². The van der Waals surface area contributed by atoms with Crippen molar-refractivity contribution in [3.05, 3.63) is 64.9 Å². The number of fused-ring (bicyclic) bond motifs is 1. The van der Waals surface area contributed by atoms with Crippen molar-refractivity contribution in [3.63, 3.8) is 0 Å². The second-order valence-electron chi connectivity index (χ2n) is 5.32. The van der Waals surface area contributed by atoms with Crippen LogP contribution >= 0.6 is 23.8 Å². The van der Waals surface area contributed by atoms with Crippen LogP contribution in [0.25, 0.3) is 11.0 Å². The van der Waals surface area contributed by atoms with Crippen molar-refractivity contribution in [3.8, 4) is 0 Å². The van der Waals surface area contributed by atoms with E-state index < -0.39 is 0 Å². The highest BCUT2D eigenvalue weighted by atomic mass is 35.5. The van der Waals surface area contributed by atoms with E-state index in [9.17, 15) is 0 Å². The van der Waals surface area contributed by atoms with Crippen molar-refractivity contribution < 1.29 is 4.42 Å². The molecule has 2 aromatic carbocycles. The van der Waals surface area contributed by atoms with Crippen LogP contribution in [0.3, 0.4) is 0 Å². The summed E-state index contributed by atoms with van der Waals surface area (Å²) in [4.78, 5) is 0. The number of furan rings is 1. The minimum atomic E-state index is 0.385. The lowest BCUT2D eigenvalue weighted by atomic mass is 10.2. The van der Waals surface area contributed by atoms with Gasteiger partial charge >= 0.3 is 0 Å². The fourth-order valence-corrected chi connectivity index (χ4v) is 2.57. The largest absolute Gasteiger partial charge is 0.455 e. The molecule has 0 aliphatic rings. The van der Waals surface area contributed by atoms with Crippen molar-refractivity contribution in [2.24, 2.45) is 5.10 Å². The van der Waals surface area contributed by atoms with Crippen LogP contribution < -0.4 is 10.7 Å². The summed E-state index contributed by atoms with van der Waals surface area (Å²) in [6.45, 7) is 3.79. The van der Waals surface area contributed by atoms with E-state index in [0.29, 0.717) is 21.6 Å². The van der Waals surface area contributed by atoms with Crippen LogP contribution in [-0.4, -0.2) is 10.8 Å². The maximum atomic E-state index is 6.10. The number of nitrogens with one attached hydrogen (secondary N) is 2. The Morgan fingerprint density at radius 3 is 2.75 bits per heavy atom. The van der Waals surface area contributed by atoms with Crippen LogP contribution in [0, 0.1) is 6.92 Å². The highest BCUT2D eigenvalue weighted by molar-refractivity contribution is 7.80. The quantitative estimate of drug-likeness (QED) is 0.388. The molecular formula is C18H16ClN3OS. The van der Waals surface area contributed by atoms with Crippen molar-refractivity contribution in [1.29, 1.82) is 0 Å². The molecule has 3 aromatic rings. The molecule has 4 nitrogen and oxygen atoms in total. The molecule has 0 spiro atoms. The standard InChI is InChI=1S/C18H16ClN3OS/c1-11-14(19)7-5-8-15(11)20-18(24)22-21-12(2)17-10-13-6-3-4-9-16(13)23-17/h3-10H,1-2H3,(H2,20,22,24)/b21-12+. The van der Waals surface area contributed by atoms with Crippen molar-refractivity contribution in [2.75, 3.05) is 5.32 Å². The van der Waals surface area contributed by atoms with Crippen LogP contribution in [0.5, 0.6) is 0 Å². The summed E-state index contributed by atoms with van der Waals surface area (Å²) in [6.07, 6.45) is 0. The zero-order chi connectivity index (χ0) is 17.1. The Labute approximate surface area is 150 Å². The summed E-state index contributed by atoms with van der Waals surface area (Å²) < 4.78 is 5.76. The monoisotopic (exact) mass is 357 g/mol. The van der Waals surface area contributed by atoms with Crippen LogP contribution in [0.4, 0.5) is 5.69 Å². The molecule has 122 valence electrons. The van der Waals surface area contributed by atoms with Gasteiger partial charge in [0.25, 0.3) is 0 Å². The first-order valence-corrected chi connectivity index (χ1v) is 8.18. The molecule has 0 unspecified atom stereocenters. The first-order valence-electron chi connectivity index (χ1n) is 7.40. The van der Waals surface area contributed by atoms with E-state index in [1.165, 1.54) is 0 Å². The fourth-order valence-electron chi connectivity index (χ4n) is 2.24. The number of halogens is 1. The molecule has 0 radical (unpaired) electrons. The van der Waals surface area contributed by atoms with E-state index in [-0.39, 0.29) is 0 Å². The summed E-state index contributed by atoms with van der Waals surface area (Å²) in [7, 11) is 0. The molecule has 1 heterocycles. The third-order valence-corrected chi connectivity index (χ3v) is 4.23. The van der Waals surface area contributed by atoms with Gasteiger partial charge in [0.05, 0.1) is 0 Å². The topological polar surface area (TPSA) is 49.6 Å². The molecule has 0 saturated heterocycles. The fraction of sp³-hybridized carbons (Fsp3) is 0.111.